The van der Waals surface area contributed by atoms with Crippen LogP contribution in [-0.4, -0.2) is 59.3 Å². The van der Waals surface area contributed by atoms with E-state index in [1.807, 2.05) is 21.9 Å². The van der Waals surface area contributed by atoms with Crippen molar-refractivity contribution < 1.29 is 9.59 Å². The lowest BCUT2D eigenvalue weighted by Crippen LogP contribution is -2.52. The number of carbonyl (C=O) groups excluding carboxylic acids is 2. The predicted molar refractivity (Wildman–Crippen MR) is 157 cm³/mol. The van der Waals surface area contributed by atoms with Gasteiger partial charge in [0.1, 0.15) is 0 Å². The average Bonchev–Trinajstić information content (AvgIpc) is 2.95. The van der Waals surface area contributed by atoms with Crippen LogP contribution in [0.2, 0.25) is 0 Å². The van der Waals surface area contributed by atoms with Crippen LogP contribution in [-0.2, 0) is 16.1 Å². The van der Waals surface area contributed by atoms with E-state index in [0.717, 1.165) is 50.5 Å². The second kappa shape index (κ2) is 20.8. The predicted octanol–water partition coefficient (Wildman–Crippen LogP) is 5.76. The van der Waals surface area contributed by atoms with Gasteiger partial charge in [0, 0.05) is 51.5 Å². The molecule has 1 saturated heterocycles. The Balaban J connectivity index is 1.46. The third-order valence-corrected chi connectivity index (χ3v) is 6.23. The minimum absolute atomic E-state index is 0.0828. The van der Waals surface area contributed by atoms with Crippen molar-refractivity contribution in [3.05, 3.63) is 90.9 Å². The molecule has 38 heavy (non-hydrogen) atoms. The Morgan fingerprint density at radius 3 is 1.92 bits per heavy atom. The molecule has 1 aromatic rings. The molecule has 1 aliphatic rings. The van der Waals surface area contributed by atoms with Gasteiger partial charge in [0.2, 0.25) is 11.8 Å². The Morgan fingerprint density at radius 2 is 1.37 bits per heavy atom. The zero-order valence-electron chi connectivity index (χ0n) is 23.1. The minimum Gasteiger partial charge on any atom is -0.339 e. The highest BCUT2D eigenvalue weighted by molar-refractivity contribution is 5.79. The van der Waals surface area contributed by atoms with Crippen LogP contribution in [0.4, 0.5) is 0 Å². The number of piperazine rings is 1. The lowest BCUT2D eigenvalue weighted by molar-refractivity contribution is -0.139. The number of pyridine rings is 1. The van der Waals surface area contributed by atoms with Crippen molar-refractivity contribution in [2.45, 2.75) is 64.8 Å². The number of hydrogen-bond donors (Lipinski definition) is 1. The third-order valence-electron chi connectivity index (χ3n) is 6.23. The van der Waals surface area contributed by atoms with Crippen LogP contribution < -0.4 is 5.32 Å². The van der Waals surface area contributed by atoms with Crippen LogP contribution >= 0.6 is 0 Å². The standard InChI is InChI=1S/C32H46N4O2/c1-2-3-4-5-6-7-8-9-10-11-12-13-14-15-16-17-18-21-31(37)35-23-25-36(26-24-35)32(38)29-34-28-30-20-19-22-33-27-30/h3-4,6-7,9-10,12-13,15-16,19-20,22,27,34H,2,5,8,11,14,17-18,21,23-26,28-29H2,1H3. The molecule has 2 rings (SSSR count). The van der Waals surface area contributed by atoms with Crippen molar-refractivity contribution in [2.24, 2.45) is 0 Å². The summed E-state index contributed by atoms with van der Waals surface area (Å²) in [5, 5.41) is 3.18. The van der Waals surface area contributed by atoms with E-state index in [2.05, 4.69) is 78.0 Å². The van der Waals surface area contributed by atoms with Crippen LogP contribution in [0.25, 0.3) is 0 Å². The Kier molecular flexibility index (Phi) is 16.9. The molecule has 1 fully saturated rings. The monoisotopic (exact) mass is 518 g/mol. The maximum absolute atomic E-state index is 12.5. The van der Waals surface area contributed by atoms with E-state index in [0.29, 0.717) is 45.7 Å². The van der Waals surface area contributed by atoms with Gasteiger partial charge < -0.3 is 15.1 Å². The van der Waals surface area contributed by atoms with E-state index in [-0.39, 0.29) is 11.8 Å². The van der Waals surface area contributed by atoms with Gasteiger partial charge in [-0.1, -0.05) is 73.8 Å². The van der Waals surface area contributed by atoms with E-state index < -0.39 is 0 Å². The molecular formula is C32H46N4O2. The Morgan fingerprint density at radius 1 is 0.816 bits per heavy atom. The summed E-state index contributed by atoms with van der Waals surface area (Å²) in [7, 11) is 0. The number of aromatic nitrogens is 1. The van der Waals surface area contributed by atoms with E-state index in [9.17, 15) is 9.59 Å². The molecule has 1 aromatic heterocycles. The highest BCUT2D eigenvalue weighted by Gasteiger charge is 2.23. The fourth-order valence-electron chi connectivity index (χ4n) is 4.03. The van der Waals surface area contributed by atoms with E-state index >= 15 is 0 Å². The lowest BCUT2D eigenvalue weighted by atomic mass is 10.2. The van der Waals surface area contributed by atoms with Crippen molar-refractivity contribution >= 4 is 11.8 Å². The first-order chi connectivity index (χ1) is 18.7. The fraction of sp³-hybridized carbons (Fsp3) is 0.469. The molecule has 0 aromatic carbocycles. The summed E-state index contributed by atoms with van der Waals surface area (Å²) >= 11 is 0. The van der Waals surface area contributed by atoms with Gasteiger partial charge in [-0.3, -0.25) is 14.6 Å². The number of nitrogens with zero attached hydrogens (tertiary/aromatic N) is 3. The van der Waals surface area contributed by atoms with Crippen LogP contribution in [0.1, 0.15) is 63.9 Å². The average molecular weight is 519 g/mol. The fourth-order valence-corrected chi connectivity index (χ4v) is 4.03. The summed E-state index contributed by atoms with van der Waals surface area (Å²) in [5.74, 6) is 0.276. The summed E-state index contributed by atoms with van der Waals surface area (Å²) in [6.07, 6.45) is 32.8. The van der Waals surface area contributed by atoms with Crippen LogP contribution in [0.5, 0.6) is 0 Å². The smallest absolute Gasteiger partial charge is 0.236 e. The Bertz CT molecular complexity index is 926. The maximum atomic E-state index is 12.5. The van der Waals surface area contributed by atoms with Gasteiger partial charge in [-0.05, 0) is 56.6 Å². The zero-order chi connectivity index (χ0) is 27.1. The molecule has 0 spiro atoms. The van der Waals surface area contributed by atoms with E-state index in [4.69, 9.17) is 0 Å². The van der Waals surface area contributed by atoms with Crippen molar-refractivity contribution in [1.82, 2.24) is 20.1 Å². The number of hydrogen-bond acceptors (Lipinski definition) is 4. The molecule has 0 bridgehead atoms. The van der Waals surface area contributed by atoms with Crippen LogP contribution in [0, 0.1) is 0 Å². The second-order valence-electron chi connectivity index (χ2n) is 9.33. The van der Waals surface area contributed by atoms with Crippen molar-refractivity contribution in [3.63, 3.8) is 0 Å². The quantitative estimate of drug-likeness (QED) is 0.210. The Labute approximate surface area is 229 Å². The first-order valence-electron chi connectivity index (χ1n) is 14.1. The highest BCUT2D eigenvalue weighted by Crippen LogP contribution is 2.08. The molecule has 0 radical (unpaired) electrons. The van der Waals surface area contributed by atoms with Gasteiger partial charge in [-0.25, -0.2) is 0 Å². The number of amides is 2. The summed E-state index contributed by atoms with van der Waals surface area (Å²) in [6.45, 7) is 5.52. The third kappa shape index (κ3) is 14.5. The van der Waals surface area contributed by atoms with Gasteiger partial charge in [-0.2, -0.15) is 0 Å². The molecular weight excluding hydrogens is 472 g/mol. The number of nitrogens with one attached hydrogen (secondary N) is 1. The molecule has 0 saturated carbocycles. The minimum atomic E-state index is 0.0828. The van der Waals surface area contributed by atoms with Crippen molar-refractivity contribution in [3.8, 4) is 0 Å². The maximum Gasteiger partial charge on any atom is 0.236 e. The topological polar surface area (TPSA) is 65.5 Å². The molecule has 0 aliphatic carbocycles. The highest BCUT2D eigenvalue weighted by atomic mass is 16.2. The Hall–Kier alpha value is -3.25. The van der Waals surface area contributed by atoms with Gasteiger partial charge in [0.05, 0.1) is 6.54 Å². The number of carbonyl (C=O) groups is 2. The van der Waals surface area contributed by atoms with E-state index in [1.165, 1.54) is 0 Å². The number of allylic oxidation sites excluding steroid dienone is 10. The van der Waals surface area contributed by atoms with Crippen LogP contribution in [0.3, 0.4) is 0 Å². The second-order valence-corrected chi connectivity index (χ2v) is 9.33. The summed E-state index contributed by atoms with van der Waals surface area (Å²) < 4.78 is 0. The summed E-state index contributed by atoms with van der Waals surface area (Å²) in [4.78, 5) is 32.8. The molecule has 2 heterocycles. The summed E-state index contributed by atoms with van der Waals surface area (Å²) in [5.41, 5.74) is 1.06. The van der Waals surface area contributed by atoms with Crippen LogP contribution in [0.15, 0.2) is 85.3 Å². The first kappa shape index (κ1) is 31.0. The normalized spacial score (nSPS) is 14.8. The van der Waals surface area contributed by atoms with Gasteiger partial charge in [0.25, 0.3) is 0 Å². The van der Waals surface area contributed by atoms with Gasteiger partial charge >= 0.3 is 0 Å². The number of rotatable bonds is 17. The van der Waals surface area contributed by atoms with Crippen molar-refractivity contribution in [2.75, 3.05) is 32.7 Å². The molecule has 206 valence electrons. The number of unbranched alkanes of at least 4 members (excludes halogenated alkanes) is 1. The molecule has 0 unspecified atom stereocenters. The van der Waals surface area contributed by atoms with E-state index in [1.54, 1.807) is 12.4 Å². The molecule has 6 heteroatoms. The molecule has 0 atom stereocenters. The largest absolute Gasteiger partial charge is 0.339 e. The summed E-state index contributed by atoms with van der Waals surface area (Å²) in [6, 6.07) is 3.87. The molecule has 6 nitrogen and oxygen atoms in total. The molecule has 1 N–H and O–H groups in total. The zero-order valence-corrected chi connectivity index (χ0v) is 23.1. The van der Waals surface area contributed by atoms with Gasteiger partial charge in [0.15, 0.2) is 0 Å². The van der Waals surface area contributed by atoms with Gasteiger partial charge in [-0.15, -0.1) is 0 Å². The SMILES string of the molecule is CCC=CCC=CCC=CCC=CCC=CCCCC(=O)N1CCN(C(=O)CNCc2cccnc2)CC1. The lowest BCUT2D eigenvalue weighted by Gasteiger charge is -2.35. The molecule has 2 amide bonds. The molecule has 1 aliphatic heterocycles. The van der Waals surface area contributed by atoms with Crippen molar-refractivity contribution in [1.29, 1.82) is 0 Å². The first-order valence-corrected chi connectivity index (χ1v) is 14.1.